The van der Waals surface area contributed by atoms with Crippen LogP contribution in [0.2, 0.25) is 0 Å². The number of fused-ring (bicyclic) bond motifs is 1. The highest BCUT2D eigenvalue weighted by molar-refractivity contribution is 5.90. The molecule has 1 unspecified atom stereocenters. The molecular weight excluding hydrogens is 338 g/mol. The molecule has 1 aliphatic rings. The number of nitrogens with zero attached hydrogens (tertiary/aromatic N) is 1. The second-order valence-corrected chi connectivity index (χ2v) is 7.12. The SMILES string of the molecule is CN(C)c1ccc(CCNC2CCc3cc(/C=C/C(=O)NO)ccc32)cc1. The maximum absolute atomic E-state index is 11.1. The Hall–Kier alpha value is -2.63. The van der Waals surface area contributed by atoms with Gasteiger partial charge in [-0.3, -0.25) is 10.0 Å². The van der Waals surface area contributed by atoms with Crippen molar-refractivity contribution in [1.29, 1.82) is 0 Å². The molecule has 0 bridgehead atoms. The summed E-state index contributed by atoms with van der Waals surface area (Å²) in [5, 5.41) is 12.2. The monoisotopic (exact) mass is 365 g/mol. The lowest BCUT2D eigenvalue weighted by atomic mass is 10.0. The summed E-state index contributed by atoms with van der Waals surface area (Å²) in [6.07, 6.45) is 6.19. The number of anilines is 1. The number of nitrogens with one attached hydrogen (secondary N) is 2. The molecule has 1 amide bonds. The molecule has 0 aromatic heterocycles. The lowest BCUT2D eigenvalue weighted by Crippen LogP contribution is -2.21. The Kier molecular flexibility index (Phi) is 6.27. The predicted octanol–water partition coefficient (Wildman–Crippen LogP) is 3.09. The van der Waals surface area contributed by atoms with E-state index >= 15 is 0 Å². The molecule has 0 aliphatic heterocycles. The first-order valence-corrected chi connectivity index (χ1v) is 9.31. The van der Waals surface area contributed by atoms with Gasteiger partial charge in [-0.1, -0.05) is 30.3 Å². The van der Waals surface area contributed by atoms with Gasteiger partial charge in [0.25, 0.3) is 5.91 Å². The van der Waals surface area contributed by atoms with Gasteiger partial charge in [-0.15, -0.1) is 0 Å². The summed E-state index contributed by atoms with van der Waals surface area (Å²) in [4.78, 5) is 13.2. The van der Waals surface area contributed by atoms with Gasteiger partial charge in [0, 0.05) is 31.9 Å². The van der Waals surface area contributed by atoms with Gasteiger partial charge in [-0.25, -0.2) is 5.48 Å². The molecule has 27 heavy (non-hydrogen) atoms. The van der Waals surface area contributed by atoms with Crippen LogP contribution in [0.15, 0.2) is 48.5 Å². The Bertz CT molecular complexity index is 813. The Labute approximate surface area is 160 Å². The number of hydrogen-bond acceptors (Lipinski definition) is 4. The summed E-state index contributed by atoms with van der Waals surface area (Å²) in [6, 6.07) is 15.4. The molecule has 5 nitrogen and oxygen atoms in total. The van der Waals surface area contributed by atoms with E-state index in [1.165, 1.54) is 28.5 Å². The van der Waals surface area contributed by atoms with E-state index in [2.05, 4.69) is 60.7 Å². The van der Waals surface area contributed by atoms with Gasteiger partial charge < -0.3 is 10.2 Å². The summed E-state index contributed by atoms with van der Waals surface area (Å²) >= 11 is 0. The third-order valence-electron chi connectivity index (χ3n) is 5.04. The average Bonchev–Trinajstić information content (AvgIpc) is 3.08. The van der Waals surface area contributed by atoms with E-state index in [0.717, 1.165) is 31.4 Å². The molecular formula is C22H27N3O2. The van der Waals surface area contributed by atoms with Gasteiger partial charge in [0.05, 0.1) is 0 Å². The third kappa shape index (κ3) is 4.96. The van der Waals surface area contributed by atoms with Crippen LogP contribution in [0.1, 0.15) is 34.7 Å². The van der Waals surface area contributed by atoms with Crippen molar-refractivity contribution in [3.05, 3.63) is 70.8 Å². The van der Waals surface area contributed by atoms with Crippen molar-refractivity contribution in [2.75, 3.05) is 25.5 Å². The lowest BCUT2D eigenvalue weighted by molar-refractivity contribution is -0.124. The second kappa shape index (κ2) is 8.84. The van der Waals surface area contributed by atoms with Crippen LogP contribution in [0, 0.1) is 0 Å². The molecule has 2 aromatic carbocycles. The van der Waals surface area contributed by atoms with Crippen molar-refractivity contribution in [3.63, 3.8) is 0 Å². The Morgan fingerprint density at radius 2 is 2.00 bits per heavy atom. The first-order chi connectivity index (χ1) is 13.1. The summed E-state index contributed by atoms with van der Waals surface area (Å²) < 4.78 is 0. The first kappa shape index (κ1) is 19.1. The molecule has 5 heteroatoms. The van der Waals surface area contributed by atoms with Crippen LogP contribution in [0.5, 0.6) is 0 Å². The van der Waals surface area contributed by atoms with Crippen LogP contribution in [0.25, 0.3) is 6.08 Å². The molecule has 1 atom stereocenters. The zero-order chi connectivity index (χ0) is 19.2. The molecule has 0 spiro atoms. The zero-order valence-electron chi connectivity index (χ0n) is 15.9. The Balaban J connectivity index is 1.55. The Morgan fingerprint density at radius 1 is 1.22 bits per heavy atom. The maximum Gasteiger partial charge on any atom is 0.267 e. The summed E-state index contributed by atoms with van der Waals surface area (Å²) in [5.41, 5.74) is 7.81. The van der Waals surface area contributed by atoms with Crippen molar-refractivity contribution < 1.29 is 10.0 Å². The summed E-state index contributed by atoms with van der Waals surface area (Å²) in [7, 11) is 4.10. The quantitative estimate of drug-likeness (QED) is 0.401. The van der Waals surface area contributed by atoms with Crippen LogP contribution in [-0.2, 0) is 17.6 Å². The van der Waals surface area contributed by atoms with Crippen LogP contribution in [0.4, 0.5) is 5.69 Å². The average molecular weight is 365 g/mol. The van der Waals surface area contributed by atoms with Crippen molar-refractivity contribution >= 4 is 17.7 Å². The van der Waals surface area contributed by atoms with Crippen LogP contribution >= 0.6 is 0 Å². The fraction of sp³-hybridized carbons (Fsp3) is 0.318. The van der Waals surface area contributed by atoms with Gasteiger partial charge in [0.2, 0.25) is 0 Å². The minimum absolute atomic E-state index is 0.389. The molecule has 0 fully saturated rings. The zero-order valence-corrected chi connectivity index (χ0v) is 15.9. The van der Waals surface area contributed by atoms with Crippen molar-refractivity contribution in [1.82, 2.24) is 10.8 Å². The highest BCUT2D eigenvalue weighted by Crippen LogP contribution is 2.32. The Morgan fingerprint density at radius 3 is 2.70 bits per heavy atom. The molecule has 2 aromatic rings. The highest BCUT2D eigenvalue weighted by atomic mass is 16.5. The van der Waals surface area contributed by atoms with E-state index in [9.17, 15) is 4.79 Å². The largest absolute Gasteiger partial charge is 0.378 e. The topological polar surface area (TPSA) is 64.6 Å². The maximum atomic E-state index is 11.1. The number of hydroxylamine groups is 1. The van der Waals surface area contributed by atoms with Crippen molar-refractivity contribution in [3.8, 4) is 0 Å². The fourth-order valence-electron chi connectivity index (χ4n) is 3.51. The molecule has 0 saturated carbocycles. The van der Waals surface area contributed by atoms with Gasteiger partial charge in [-0.05, 0) is 66.3 Å². The van der Waals surface area contributed by atoms with Gasteiger partial charge >= 0.3 is 0 Å². The van der Waals surface area contributed by atoms with Gasteiger partial charge in [0.15, 0.2) is 0 Å². The van der Waals surface area contributed by atoms with Crippen molar-refractivity contribution in [2.45, 2.75) is 25.3 Å². The minimum Gasteiger partial charge on any atom is -0.378 e. The number of rotatable bonds is 7. The number of aryl methyl sites for hydroxylation is 1. The van der Waals surface area contributed by atoms with E-state index in [1.807, 2.05) is 6.07 Å². The van der Waals surface area contributed by atoms with Crippen LogP contribution < -0.4 is 15.7 Å². The molecule has 3 rings (SSSR count). The number of hydrogen-bond donors (Lipinski definition) is 3. The van der Waals surface area contributed by atoms with Gasteiger partial charge in [-0.2, -0.15) is 0 Å². The summed E-state index contributed by atoms with van der Waals surface area (Å²) in [5.74, 6) is -0.520. The minimum atomic E-state index is -0.520. The molecule has 0 heterocycles. The standard InChI is InChI=1S/C22H27N3O2/c1-25(2)19-8-3-16(4-9-19)13-14-23-21-11-7-18-15-17(5-10-20(18)21)6-12-22(26)24-27/h3-6,8-10,12,15,21,23,27H,7,11,13-14H2,1-2H3,(H,24,26)/b12-6+. The van der Waals surface area contributed by atoms with Gasteiger partial charge in [0.1, 0.15) is 0 Å². The van der Waals surface area contributed by atoms with Crippen LogP contribution in [-0.4, -0.2) is 31.8 Å². The van der Waals surface area contributed by atoms with E-state index in [-0.39, 0.29) is 0 Å². The predicted molar refractivity (Wildman–Crippen MR) is 109 cm³/mol. The normalized spacial score (nSPS) is 15.7. The van der Waals surface area contributed by atoms with E-state index < -0.39 is 5.91 Å². The van der Waals surface area contributed by atoms with Crippen molar-refractivity contribution in [2.24, 2.45) is 0 Å². The molecule has 0 saturated heterocycles. The number of carbonyl (C=O) groups excluding carboxylic acids is 1. The first-order valence-electron chi connectivity index (χ1n) is 9.31. The van der Waals surface area contributed by atoms with E-state index in [1.54, 1.807) is 11.6 Å². The summed E-state index contributed by atoms with van der Waals surface area (Å²) in [6.45, 7) is 0.948. The highest BCUT2D eigenvalue weighted by Gasteiger charge is 2.21. The molecule has 0 radical (unpaired) electrons. The second-order valence-electron chi connectivity index (χ2n) is 7.12. The number of carbonyl (C=O) groups is 1. The molecule has 142 valence electrons. The third-order valence-corrected chi connectivity index (χ3v) is 5.04. The number of amides is 1. The molecule has 3 N–H and O–H groups in total. The lowest BCUT2D eigenvalue weighted by Gasteiger charge is -2.15. The van der Waals surface area contributed by atoms with E-state index in [4.69, 9.17) is 5.21 Å². The fourth-order valence-corrected chi connectivity index (χ4v) is 3.51. The number of benzene rings is 2. The smallest absolute Gasteiger partial charge is 0.267 e. The van der Waals surface area contributed by atoms with Crippen LogP contribution in [0.3, 0.4) is 0 Å². The van der Waals surface area contributed by atoms with E-state index in [0.29, 0.717) is 6.04 Å². The molecule has 1 aliphatic carbocycles.